The molecular weight excluding hydrogens is 312 g/mol. The predicted molar refractivity (Wildman–Crippen MR) is 91.6 cm³/mol. The molecule has 0 aliphatic heterocycles. The van der Waals surface area contributed by atoms with Crippen LogP contribution in [0.5, 0.6) is 0 Å². The first-order chi connectivity index (χ1) is 10.9. The Kier molecular flexibility index (Phi) is 5.52. The van der Waals surface area contributed by atoms with E-state index in [2.05, 4.69) is 10.6 Å². The van der Waals surface area contributed by atoms with Crippen LogP contribution in [-0.2, 0) is 9.59 Å². The fourth-order valence-electron chi connectivity index (χ4n) is 2.22. The lowest BCUT2D eigenvalue weighted by atomic mass is 10.1. The fraction of sp³-hybridized carbons (Fsp3) is 0.294. The third-order valence-corrected chi connectivity index (χ3v) is 4.62. The van der Waals surface area contributed by atoms with Crippen molar-refractivity contribution in [3.63, 3.8) is 0 Å². The van der Waals surface area contributed by atoms with E-state index in [0.717, 1.165) is 21.6 Å². The smallest absolute Gasteiger partial charge is 0.313 e. The van der Waals surface area contributed by atoms with E-state index in [9.17, 15) is 14.7 Å². The van der Waals surface area contributed by atoms with Crippen LogP contribution < -0.4 is 10.6 Å². The molecular formula is C17H20N2O3S. The van der Waals surface area contributed by atoms with Gasteiger partial charge in [0.2, 0.25) is 0 Å². The molecule has 0 saturated carbocycles. The number of aliphatic hydroxyl groups is 1. The molecule has 1 atom stereocenters. The molecule has 0 saturated heterocycles. The van der Waals surface area contributed by atoms with Crippen molar-refractivity contribution in [1.29, 1.82) is 0 Å². The van der Waals surface area contributed by atoms with Gasteiger partial charge in [0.1, 0.15) is 6.10 Å². The number of hydrogen-bond acceptors (Lipinski definition) is 4. The summed E-state index contributed by atoms with van der Waals surface area (Å²) in [4.78, 5) is 24.6. The second-order valence-electron chi connectivity index (χ2n) is 5.47. The van der Waals surface area contributed by atoms with Gasteiger partial charge in [-0.2, -0.15) is 0 Å². The van der Waals surface area contributed by atoms with Crippen molar-refractivity contribution in [1.82, 2.24) is 5.32 Å². The molecule has 2 rings (SSSR count). The molecule has 0 fully saturated rings. The highest BCUT2D eigenvalue weighted by atomic mass is 32.1. The first-order valence-corrected chi connectivity index (χ1v) is 8.15. The van der Waals surface area contributed by atoms with Gasteiger partial charge in [0, 0.05) is 17.1 Å². The Balaban J connectivity index is 1.90. The highest BCUT2D eigenvalue weighted by molar-refractivity contribution is 7.10. The first kappa shape index (κ1) is 17.2. The minimum Gasteiger partial charge on any atom is -0.386 e. The number of amides is 2. The van der Waals surface area contributed by atoms with Crippen LogP contribution in [0.15, 0.2) is 29.6 Å². The van der Waals surface area contributed by atoms with Gasteiger partial charge in [0.05, 0.1) is 0 Å². The van der Waals surface area contributed by atoms with Crippen molar-refractivity contribution in [3.8, 4) is 0 Å². The topological polar surface area (TPSA) is 78.4 Å². The van der Waals surface area contributed by atoms with E-state index in [4.69, 9.17) is 0 Å². The van der Waals surface area contributed by atoms with Gasteiger partial charge in [-0.1, -0.05) is 17.7 Å². The molecule has 1 unspecified atom stereocenters. The number of benzene rings is 1. The number of aryl methyl sites for hydroxylation is 3. The Morgan fingerprint density at radius 1 is 1.13 bits per heavy atom. The molecule has 23 heavy (non-hydrogen) atoms. The van der Waals surface area contributed by atoms with Crippen LogP contribution in [-0.4, -0.2) is 23.5 Å². The van der Waals surface area contributed by atoms with Gasteiger partial charge < -0.3 is 15.7 Å². The Hall–Kier alpha value is -2.18. The summed E-state index contributed by atoms with van der Waals surface area (Å²) in [7, 11) is 0. The number of carbonyl (C=O) groups is 2. The zero-order valence-electron chi connectivity index (χ0n) is 13.3. The van der Waals surface area contributed by atoms with Gasteiger partial charge >= 0.3 is 11.8 Å². The number of thiophene rings is 1. The zero-order chi connectivity index (χ0) is 17.0. The third kappa shape index (κ3) is 4.40. The standard InChI is InChI=1S/C17H20N2O3S/c1-10-4-5-13(12(3)8-10)19-17(22)16(21)18-9-14(20)15-11(2)6-7-23-15/h4-8,14,20H,9H2,1-3H3,(H,18,21)(H,19,22). The van der Waals surface area contributed by atoms with Crippen molar-refractivity contribution < 1.29 is 14.7 Å². The Morgan fingerprint density at radius 2 is 1.87 bits per heavy atom. The monoisotopic (exact) mass is 332 g/mol. The maximum atomic E-state index is 11.9. The van der Waals surface area contributed by atoms with Crippen LogP contribution in [0.2, 0.25) is 0 Å². The summed E-state index contributed by atoms with van der Waals surface area (Å²) >= 11 is 1.42. The van der Waals surface area contributed by atoms with E-state index < -0.39 is 17.9 Å². The Bertz CT molecular complexity index is 724. The molecule has 3 N–H and O–H groups in total. The van der Waals surface area contributed by atoms with Gasteiger partial charge in [-0.3, -0.25) is 9.59 Å². The summed E-state index contributed by atoms with van der Waals surface area (Å²) < 4.78 is 0. The lowest BCUT2D eigenvalue weighted by Gasteiger charge is -2.12. The number of anilines is 1. The molecule has 0 aliphatic carbocycles. The SMILES string of the molecule is Cc1ccc(NC(=O)C(=O)NCC(O)c2sccc2C)c(C)c1. The molecule has 0 aliphatic rings. The van der Waals surface area contributed by atoms with Crippen LogP contribution in [0.25, 0.3) is 0 Å². The summed E-state index contributed by atoms with van der Waals surface area (Å²) in [6, 6.07) is 7.46. The van der Waals surface area contributed by atoms with Crippen LogP contribution in [0, 0.1) is 20.8 Å². The minimum absolute atomic E-state index is 0.000483. The molecule has 1 aromatic heterocycles. The Labute approximate surface area is 139 Å². The second kappa shape index (κ2) is 7.39. The molecule has 0 radical (unpaired) electrons. The van der Waals surface area contributed by atoms with E-state index >= 15 is 0 Å². The zero-order valence-corrected chi connectivity index (χ0v) is 14.2. The van der Waals surface area contributed by atoms with Crippen molar-refractivity contribution in [2.75, 3.05) is 11.9 Å². The van der Waals surface area contributed by atoms with Gasteiger partial charge in [-0.15, -0.1) is 11.3 Å². The maximum Gasteiger partial charge on any atom is 0.313 e. The largest absolute Gasteiger partial charge is 0.386 e. The molecule has 1 heterocycles. The highest BCUT2D eigenvalue weighted by Crippen LogP contribution is 2.23. The molecule has 5 nitrogen and oxygen atoms in total. The summed E-state index contributed by atoms with van der Waals surface area (Å²) in [6.07, 6.45) is -0.812. The number of rotatable bonds is 4. The van der Waals surface area contributed by atoms with E-state index in [1.165, 1.54) is 11.3 Å². The normalized spacial score (nSPS) is 11.8. The molecule has 0 spiro atoms. The van der Waals surface area contributed by atoms with Crippen LogP contribution >= 0.6 is 11.3 Å². The van der Waals surface area contributed by atoms with Crippen molar-refractivity contribution >= 4 is 28.8 Å². The third-order valence-electron chi connectivity index (χ3n) is 3.50. The Morgan fingerprint density at radius 3 is 2.48 bits per heavy atom. The summed E-state index contributed by atoms with van der Waals surface area (Å²) in [5.41, 5.74) is 3.54. The predicted octanol–water partition coefficient (Wildman–Crippen LogP) is 2.46. The first-order valence-electron chi connectivity index (χ1n) is 7.27. The van der Waals surface area contributed by atoms with Gasteiger partial charge in [-0.05, 0) is 49.4 Å². The van der Waals surface area contributed by atoms with Crippen molar-refractivity contribution in [3.05, 3.63) is 51.2 Å². The van der Waals surface area contributed by atoms with E-state index in [1.54, 1.807) is 6.07 Å². The van der Waals surface area contributed by atoms with Crippen molar-refractivity contribution in [2.24, 2.45) is 0 Å². The van der Waals surface area contributed by atoms with E-state index in [1.807, 2.05) is 44.4 Å². The summed E-state index contributed by atoms with van der Waals surface area (Å²) in [5, 5.41) is 17.0. The summed E-state index contributed by atoms with van der Waals surface area (Å²) in [6.45, 7) is 5.72. The number of hydrogen-bond donors (Lipinski definition) is 3. The van der Waals surface area contributed by atoms with Gasteiger partial charge in [0.25, 0.3) is 0 Å². The van der Waals surface area contributed by atoms with Gasteiger partial charge in [-0.25, -0.2) is 0 Å². The van der Waals surface area contributed by atoms with E-state index in [0.29, 0.717) is 5.69 Å². The molecule has 1 aromatic carbocycles. The number of aliphatic hydroxyl groups excluding tert-OH is 1. The average Bonchev–Trinajstić information content (AvgIpc) is 2.93. The maximum absolute atomic E-state index is 11.9. The lowest BCUT2D eigenvalue weighted by Crippen LogP contribution is -2.37. The average molecular weight is 332 g/mol. The highest BCUT2D eigenvalue weighted by Gasteiger charge is 2.18. The summed E-state index contributed by atoms with van der Waals surface area (Å²) in [5.74, 6) is -1.51. The van der Waals surface area contributed by atoms with Crippen LogP contribution in [0.4, 0.5) is 5.69 Å². The van der Waals surface area contributed by atoms with E-state index in [-0.39, 0.29) is 6.54 Å². The minimum atomic E-state index is -0.812. The van der Waals surface area contributed by atoms with Crippen molar-refractivity contribution in [2.45, 2.75) is 26.9 Å². The van der Waals surface area contributed by atoms with Crippen LogP contribution in [0.3, 0.4) is 0 Å². The quantitative estimate of drug-likeness (QED) is 0.753. The lowest BCUT2D eigenvalue weighted by molar-refractivity contribution is -0.136. The molecule has 0 bridgehead atoms. The molecule has 2 amide bonds. The molecule has 6 heteroatoms. The van der Waals surface area contributed by atoms with Crippen LogP contribution in [0.1, 0.15) is 27.7 Å². The second-order valence-corrected chi connectivity index (χ2v) is 6.41. The number of carbonyl (C=O) groups excluding carboxylic acids is 2. The molecule has 2 aromatic rings. The van der Waals surface area contributed by atoms with Gasteiger partial charge in [0.15, 0.2) is 0 Å². The fourth-order valence-corrected chi connectivity index (χ4v) is 3.13. The molecule has 122 valence electrons. The number of nitrogens with one attached hydrogen (secondary N) is 2.